The molecule has 1 saturated heterocycles. The molecule has 0 N–H and O–H groups in total. The first kappa shape index (κ1) is 21.9. The van der Waals surface area contributed by atoms with E-state index in [1.54, 1.807) is 29.2 Å². The van der Waals surface area contributed by atoms with E-state index in [0.29, 0.717) is 36.2 Å². The number of hydrogen-bond acceptors (Lipinski definition) is 6. The smallest absolute Gasteiger partial charge is 0.339 e. The Morgan fingerprint density at radius 2 is 1.76 bits per heavy atom. The molecular weight excluding hydrogens is 444 g/mol. The topological polar surface area (TPSA) is 85.4 Å². The highest BCUT2D eigenvalue weighted by molar-refractivity contribution is 7.87. The van der Waals surface area contributed by atoms with Crippen LogP contribution in [0, 0.1) is 5.92 Å². The molecule has 176 valence electrons. The van der Waals surface area contributed by atoms with Gasteiger partial charge >= 0.3 is 16.1 Å². The molecule has 2 aromatic carbocycles. The van der Waals surface area contributed by atoms with Crippen LogP contribution in [0.25, 0.3) is 0 Å². The summed E-state index contributed by atoms with van der Waals surface area (Å²) in [6, 6.07) is 11.0. The monoisotopic (exact) mass is 472 g/mol. The van der Waals surface area contributed by atoms with Crippen LogP contribution in [0.3, 0.4) is 0 Å². The van der Waals surface area contributed by atoms with Crippen molar-refractivity contribution in [3.05, 3.63) is 42.5 Å². The van der Waals surface area contributed by atoms with E-state index in [4.69, 9.17) is 13.7 Å². The van der Waals surface area contributed by atoms with Gasteiger partial charge in [0.05, 0.1) is 13.2 Å². The first-order valence-corrected chi connectivity index (χ1v) is 12.8. The summed E-state index contributed by atoms with van der Waals surface area (Å²) in [4.78, 5) is 16.4. The van der Waals surface area contributed by atoms with Gasteiger partial charge in [0.15, 0.2) is 0 Å². The molecule has 0 aromatic heterocycles. The second-order valence-corrected chi connectivity index (χ2v) is 10.4. The zero-order valence-electron chi connectivity index (χ0n) is 18.6. The van der Waals surface area contributed by atoms with Crippen molar-refractivity contribution < 1.29 is 26.9 Å². The van der Waals surface area contributed by atoms with Gasteiger partial charge in [0.25, 0.3) is 0 Å². The molecule has 9 heteroatoms. The first-order valence-electron chi connectivity index (χ1n) is 11.4. The molecule has 33 heavy (non-hydrogen) atoms. The summed E-state index contributed by atoms with van der Waals surface area (Å²) >= 11 is 0. The van der Waals surface area contributed by atoms with Gasteiger partial charge < -0.3 is 18.6 Å². The normalized spacial score (nSPS) is 24.5. The predicted octanol–water partition coefficient (Wildman–Crippen LogP) is 4.05. The maximum atomic E-state index is 12.9. The third kappa shape index (κ3) is 4.59. The zero-order valence-corrected chi connectivity index (χ0v) is 19.4. The van der Waals surface area contributed by atoms with Crippen LogP contribution in [-0.4, -0.2) is 52.2 Å². The highest BCUT2D eigenvalue weighted by Crippen LogP contribution is 2.36. The summed E-state index contributed by atoms with van der Waals surface area (Å²) in [6.07, 6.45) is 5.05. The third-order valence-electron chi connectivity index (χ3n) is 6.66. The lowest BCUT2D eigenvalue weighted by molar-refractivity contribution is 0.200. The van der Waals surface area contributed by atoms with Crippen molar-refractivity contribution in [1.29, 1.82) is 0 Å². The van der Waals surface area contributed by atoms with E-state index in [1.165, 1.54) is 25.3 Å². The number of rotatable bonds is 1. The minimum absolute atomic E-state index is 0.0107. The van der Waals surface area contributed by atoms with Crippen LogP contribution in [0.15, 0.2) is 47.4 Å². The molecule has 0 spiro atoms. The molecule has 1 aliphatic carbocycles. The highest BCUT2D eigenvalue weighted by atomic mass is 32.2. The average molecular weight is 473 g/mol. The maximum Gasteiger partial charge on any atom is 0.339 e. The van der Waals surface area contributed by atoms with Gasteiger partial charge in [0.1, 0.15) is 22.1 Å². The standard InChI is InChI=1S/C24H28N2O6S/c1-30-20-14-21-16-22(15-20)32-33(28,29)23-8-5-18(6-9-23)26-12-11-25(24(26)27)10-2-3-17-4-7-19(13-17)31-21/h5-6,8-9,14-17,19H,2-4,7,10-13H2,1H3/t17-,19+/m0/s1. The Bertz CT molecular complexity index is 1130. The van der Waals surface area contributed by atoms with Crippen LogP contribution in [0.5, 0.6) is 17.2 Å². The number of carbonyl (C=O) groups is 1. The lowest BCUT2D eigenvalue weighted by atomic mass is 10.0. The van der Waals surface area contributed by atoms with E-state index in [-0.39, 0.29) is 22.8 Å². The molecule has 2 aromatic rings. The number of carbonyl (C=O) groups excluding carboxylic acids is 1. The number of fused-ring (bicyclic) bond motifs is 5. The third-order valence-corrected chi connectivity index (χ3v) is 7.92. The van der Waals surface area contributed by atoms with E-state index >= 15 is 0 Å². The van der Waals surface area contributed by atoms with Gasteiger partial charge in [-0.1, -0.05) is 0 Å². The van der Waals surface area contributed by atoms with Crippen LogP contribution in [0.4, 0.5) is 10.5 Å². The second kappa shape index (κ2) is 8.78. The van der Waals surface area contributed by atoms with Gasteiger partial charge in [-0.25, -0.2) is 4.79 Å². The maximum absolute atomic E-state index is 12.9. The van der Waals surface area contributed by atoms with Crippen LogP contribution >= 0.6 is 0 Å². The summed E-state index contributed by atoms with van der Waals surface area (Å²) in [6.45, 7) is 2.00. The number of nitrogens with zero attached hydrogens (tertiary/aromatic N) is 2. The number of methoxy groups -OCH3 is 1. The fourth-order valence-corrected chi connectivity index (χ4v) is 5.85. The molecule has 0 radical (unpaired) electrons. The zero-order chi connectivity index (χ0) is 23.0. The minimum atomic E-state index is -4.08. The molecule has 4 aliphatic rings. The van der Waals surface area contributed by atoms with E-state index in [0.717, 1.165) is 38.6 Å². The fourth-order valence-electron chi connectivity index (χ4n) is 4.94. The fraction of sp³-hybridized carbons (Fsp3) is 0.458. The molecule has 2 amide bonds. The van der Waals surface area contributed by atoms with Crippen molar-refractivity contribution >= 4 is 21.8 Å². The molecule has 3 aliphatic heterocycles. The summed E-state index contributed by atoms with van der Waals surface area (Å²) in [5.74, 6) is 1.68. The Balaban J connectivity index is 1.48. The molecular formula is C24H28N2O6S. The van der Waals surface area contributed by atoms with Crippen LogP contribution in [-0.2, 0) is 10.1 Å². The lowest BCUT2D eigenvalue weighted by Crippen LogP contribution is -2.32. The largest absolute Gasteiger partial charge is 0.496 e. The number of urea groups is 1. The molecule has 2 fully saturated rings. The SMILES string of the molecule is COc1cc2cc(c1)OS(=O)(=O)c1ccc(cc1)N1CCN(CCC[C@H]3CC[C@H](C3)O2)C1=O. The molecule has 0 unspecified atom stereocenters. The van der Waals surface area contributed by atoms with Gasteiger partial charge in [-0.05, 0) is 62.3 Å². The number of anilines is 1. The van der Waals surface area contributed by atoms with Crippen molar-refractivity contribution in [2.45, 2.75) is 43.1 Å². The summed E-state index contributed by atoms with van der Waals surface area (Å²) < 4.78 is 42.8. The quantitative estimate of drug-likeness (QED) is 0.582. The van der Waals surface area contributed by atoms with Gasteiger partial charge in [-0.2, -0.15) is 8.42 Å². The molecule has 2 atom stereocenters. The van der Waals surface area contributed by atoms with Crippen molar-refractivity contribution in [1.82, 2.24) is 4.90 Å². The van der Waals surface area contributed by atoms with Gasteiger partial charge in [0.2, 0.25) is 0 Å². The number of hydrogen-bond donors (Lipinski definition) is 0. The Morgan fingerprint density at radius 3 is 2.55 bits per heavy atom. The summed E-state index contributed by atoms with van der Waals surface area (Å²) in [5.41, 5.74) is 0.676. The van der Waals surface area contributed by atoms with Crippen LogP contribution in [0.2, 0.25) is 0 Å². The van der Waals surface area contributed by atoms with E-state index in [9.17, 15) is 13.2 Å². The van der Waals surface area contributed by atoms with E-state index in [2.05, 4.69) is 0 Å². The Labute approximate surface area is 194 Å². The first-order chi connectivity index (χ1) is 15.9. The number of benzene rings is 2. The summed E-state index contributed by atoms with van der Waals surface area (Å²) in [5, 5.41) is 0. The minimum Gasteiger partial charge on any atom is -0.496 e. The molecule has 1 saturated carbocycles. The Morgan fingerprint density at radius 1 is 0.970 bits per heavy atom. The van der Waals surface area contributed by atoms with Gasteiger partial charge in [-0.15, -0.1) is 0 Å². The van der Waals surface area contributed by atoms with Crippen molar-refractivity contribution in [3.63, 3.8) is 0 Å². The summed E-state index contributed by atoms with van der Waals surface area (Å²) in [7, 11) is -2.56. The molecule has 3 heterocycles. The number of ether oxygens (including phenoxy) is 2. The molecule has 6 rings (SSSR count). The van der Waals surface area contributed by atoms with Crippen LogP contribution < -0.4 is 18.6 Å². The Hall–Kier alpha value is -2.94. The van der Waals surface area contributed by atoms with Gasteiger partial charge in [0, 0.05) is 43.5 Å². The van der Waals surface area contributed by atoms with E-state index < -0.39 is 10.1 Å². The molecule has 8 bridgehead atoms. The van der Waals surface area contributed by atoms with Gasteiger partial charge in [-0.3, -0.25) is 4.90 Å². The predicted molar refractivity (Wildman–Crippen MR) is 123 cm³/mol. The Kier molecular flexibility index (Phi) is 5.82. The van der Waals surface area contributed by atoms with Crippen molar-refractivity contribution in [2.75, 3.05) is 31.6 Å². The van der Waals surface area contributed by atoms with Crippen molar-refractivity contribution in [3.8, 4) is 17.2 Å². The molecule has 8 nitrogen and oxygen atoms in total. The lowest BCUT2D eigenvalue weighted by Gasteiger charge is -2.19. The number of amides is 2. The van der Waals surface area contributed by atoms with E-state index in [1.807, 2.05) is 4.90 Å². The second-order valence-electron chi connectivity index (χ2n) is 8.86. The highest BCUT2D eigenvalue weighted by Gasteiger charge is 2.31. The average Bonchev–Trinajstić information content (AvgIpc) is 3.39. The van der Waals surface area contributed by atoms with Crippen LogP contribution in [0.1, 0.15) is 32.1 Å². The van der Waals surface area contributed by atoms with Crippen molar-refractivity contribution in [2.24, 2.45) is 5.92 Å².